The maximum atomic E-state index is 8.60. The van der Waals surface area contributed by atoms with Gasteiger partial charge in [0.25, 0.3) is 0 Å². The Morgan fingerprint density at radius 3 is 2.67 bits per heavy atom. The van der Waals surface area contributed by atoms with Gasteiger partial charge in [-0.25, -0.2) is 9.97 Å². The Morgan fingerprint density at radius 1 is 1.33 bits per heavy atom. The maximum absolute atomic E-state index is 8.60. The molecule has 0 aliphatic heterocycles. The van der Waals surface area contributed by atoms with Crippen LogP contribution in [0, 0.1) is 11.3 Å². The number of aromatic nitrogens is 2. The summed E-state index contributed by atoms with van der Waals surface area (Å²) in [6.07, 6.45) is 5.92. The van der Waals surface area contributed by atoms with E-state index in [1.807, 2.05) is 18.0 Å². The Balaban J connectivity index is 2.06. The molecule has 5 nitrogen and oxygen atoms in total. The maximum Gasteiger partial charge on any atom is 0.134 e. The van der Waals surface area contributed by atoms with Crippen LogP contribution < -0.4 is 9.80 Å². The molecule has 5 heteroatoms. The molecule has 0 radical (unpaired) electrons. The van der Waals surface area contributed by atoms with Gasteiger partial charge in [0.1, 0.15) is 18.0 Å². The highest BCUT2D eigenvalue weighted by atomic mass is 15.2. The van der Waals surface area contributed by atoms with Crippen LogP contribution >= 0.6 is 0 Å². The number of hydrogen-bond acceptors (Lipinski definition) is 5. The van der Waals surface area contributed by atoms with Crippen LogP contribution in [0.5, 0.6) is 0 Å². The fourth-order valence-electron chi connectivity index (χ4n) is 2.03. The topological polar surface area (TPSA) is 56.1 Å². The van der Waals surface area contributed by atoms with Gasteiger partial charge in [0.15, 0.2) is 0 Å². The third-order valence-corrected chi connectivity index (χ3v) is 3.57. The quantitative estimate of drug-likeness (QED) is 0.792. The fourth-order valence-corrected chi connectivity index (χ4v) is 2.03. The molecule has 1 aliphatic rings. The molecular weight excluding hydrogens is 226 g/mol. The fraction of sp³-hybridized carbons (Fsp3) is 0.615. The average molecular weight is 245 g/mol. The molecular formula is C13H19N5. The number of nitriles is 1. The van der Waals surface area contributed by atoms with E-state index in [4.69, 9.17) is 5.26 Å². The Labute approximate surface area is 108 Å². The summed E-state index contributed by atoms with van der Waals surface area (Å²) in [7, 11) is 4.04. The molecule has 0 N–H and O–H groups in total. The van der Waals surface area contributed by atoms with Gasteiger partial charge in [-0.1, -0.05) is 0 Å². The Bertz CT molecular complexity index is 435. The van der Waals surface area contributed by atoms with Crippen molar-refractivity contribution in [1.29, 1.82) is 5.26 Å². The molecule has 0 unspecified atom stereocenters. The first-order chi connectivity index (χ1) is 8.72. The lowest BCUT2D eigenvalue weighted by Crippen LogP contribution is -2.37. The van der Waals surface area contributed by atoms with E-state index in [1.165, 1.54) is 19.3 Å². The van der Waals surface area contributed by atoms with Gasteiger partial charge in [0, 0.05) is 32.7 Å². The van der Waals surface area contributed by atoms with Gasteiger partial charge in [-0.15, -0.1) is 0 Å². The van der Waals surface area contributed by atoms with Gasteiger partial charge in [-0.3, -0.25) is 0 Å². The predicted molar refractivity (Wildman–Crippen MR) is 71.6 cm³/mol. The smallest absolute Gasteiger partial charge is 0.134 e. The molecule has 0 spiro atoms. The standard InChI is InChI=1S/C13H19N5/c1-17(8-4-7-14)12-9-13(16-10-15-12)18(2)11-5-3-6-11/h9-11H,3-6,8H2,1-2H3. The summed E-state index contributed by atoms with van der Waals surface area (Å²) in [4.78, 5) is 12.8. The van der Waals surface area contributed by atoms with E-state index in [0.717, 1.165) is 11.6 Å². The SMILES string of the molecule is CN(CCC#N)c1cc(N(C)C2CCC2)ncn1. The molecule has 18 heavy (non-hydrogen) atoms. The second-order valence-electron chi connectivity index (χ2n) is 4.76. The van der Waals surface area contributed by atoms with Crippen LogP contribution in [-0.4, -0.2) is 36.6 Å². The average Bonchev–Trinajstić information content (AvgIpc) is 2.34. The van der Waals surface area contributed by atoms with Crippen LogP contribution in [0.4, 0.5) is 11.6 Å². The first-order valence-electron chi connectivity index (χ1n) is 6.35. The van der Waals surface area contributed by atoms with Crippen molar-refractivity contribution < 1.29 is 0 Å². The summed E-state index contributed by atoms with van der Waals surface area (Å²) in [5.41, 5.74) is 0. The summed E-state index contributed by atoms with van der Waals surface area (Å²) in [5.74, 6) is 1.84. The first-order valence-corrected chi connectivity index (χ1v) is 6.35. The van der Waals surface area contributed by atoms with E-state index >= 15 is 0 Å². The van der Waals surface area contributed by atoms with E-state index in [0.29, 0.717) is 19.0 Å². The normalized spacial score (nSPS) is 14.7. The minimum Gasteiger partial charge on any atom is -0.358 e. The Hall–Kier alpha value is -1.83. The van der Waals surface area contributed by atoms with Gasteiger partial charge in [-0.2, -0.15) is 5.26 Å². The van der Waals surface area contributed by atoms with Crippen LogP contribution in [0.3, 0.4) is 0 Å². The van der Waals surface area contributed by atoms with Crippen LogP contribution in [0.25, 0.3) is 0 Å². The van der Waals surface area contributed by atoms with E-state index in [-0.39, 0.29) is 0 Å². The summed E-state index contributed by atoms with van der Waals surface area (Å²) >= 11 is 0. The van der Waals surface area contributed by atoms with Crippen molar-refractivity contribution in [2.75, 3.05) is 30.4 Å². The lowest BCUT2D eigenvalue weighted by atomic mass is 9.92. The number of nitrogens with zero attached hydrogens (tertiary/aromatic N) is 5. The van der Waals surface area contributed by atoms with Gasteiger partial charge >= 0.3 is 0 Å². The number of hydrogen-bond donors (Lipinski definition) is 0. The van der Waals surface area contributed by atoms with E-state index in [9.17, 15) is 0 Å². The largest absolute Gasteiger partial charge is 0.358 e. The number of rotatable bonds is 5. The molecule has 2 rings (SSSR count). The highest BCUT2D eigenvalue weighted by Crippen LogP contribution is 2.27. The van der Waals surface area contributed by atoms with Crippen molar-refractivity contribution in [3.8, 4) is 6.07 Å². The van der Waals surface area contributed by atoms with Crippen molar-refractivity contribution >= 4 is 11.6 Å². The van der Waals surface area contributed by atoms with Crippen molar-refractivity contribution in [3.05, 3.63) is 12.4 Å². The molecule has 1 saturated carbocycles. The third-order valence-electron chi connectivity index (χ3n) is 3.57. The Morgan fingerprint density at radius 2 is 2.06 bits per heavy atom. The molecule has 0 amide bonds. The minimum atomic E-state index is 0.508. The Kier molecular flexibility index (Phi) is 3.98. The minimum absolute atomic E-state index is 0.508. The molecule has 0 atom stereocenters. The highest BCUT2D eigenvalue weighted by Gasteiger charge is 2.23. The van der Waals surface area contributed by atoms with E-state index in [2.05, 4.69) is 28.0 Å². The second-order valence-corrected chi connectivity index (χ2v) is 4.76. The second kappa shape index (κ2) is 5.67. The lowest BCUT2D eigenvalue weighted by Gasteiger charge is -2.35. The van der Waals surface area contributed by atoms with E-state index < -0.39 is 0 Å². The van der Waals surface area contributed by atoms with Gasteiger partial charge < -0.3 is 9.80 Å². The molecule has 0 saturated heterocycles. The third kappa shape index (κ3) is 2.70. The highest BCUT2D eigenvalue weighted by molar-refractivity contribution is 5.50. The molecule has 0 bridgehead atoms. The van der Waals surface area contributed by atoms with Crippen LogP contribution in [-0.2, 0) is 0 Å². The molecule has 1 fully saturated rings. The van der Waals surface area contributed by atoms with Crippen molar-refractivity contribution in [2.45, 2.75) is 31.7 Å². The molecule has 1 aromatic rings. The van der Waals surface area contributed by atoms with Gasteiger partial charge in [0.2, 0.25) is 0 Å². The molecule has 1 aliphatic carbocycles. The van der Waals surface area contributed by atoms with Crippen molar-refractivity contribution in [1.82, 2.24) is 9.97 Å². The summed E-state index contributed by atoms with van der Waals surface area (Å²) in [6.45, 7) is 0.695. The van der Waals surface area contributed by atoms with E-state index in [1.54, 1.807) is 6.33 Å². The van der Waals surface area contributed by atoms with Crippen LogP contribution in [0.1, 0.15) is 25.7 Å². The summed E-state index contributed by atoms with van der Waals surface area (Å²) in [5, 5.41) is 8.60. The molecule has 1 aromatic heterocycles. The van der Waals surface area contributed by atoms with Gasteiger partial charge in [-0.05, 0) is 19.3 Å². The zero-order chi connectivity index (χ0) is 13.0. The predicted octanol–water partition coefficient (Wildman–Crippen LogP) is 1.82. The molecule has 1 heterocycles. The van der Waals surface area contributed by atoms with Crippen molar-refractivity contribution in [3.63, 3.8) is 0 Å². The lowest BCUT2D eigenvalue weighted by molar-refractivity contribution is 0.399. The monoisotopic (exact) mass is 245 g/mol. The summed E-state index contributed by atoms with van der Waals surface area (Å²) < 4.78 is 0. The first kappa shape index (κ1) is 12.6. The number of anilines is 2. The van der Waals surface area contributed by atoms with Gasteiger partial charge in [0.05, 0.1) is 12.5 Å². The molecule has 96 valence electrons. The molecule has 0 aromatic carbocycles. The summed E-state index contributed by atoms with van der Waals surface area (Å²) in [6, 6.07) is 4.76. The zero-order valence-corrected chi connectivity index (χ0v) is 11.0. The van der Waals surface area contributed by atoms with Crippen LogP contribution in [0.2, 0.25) is 0 Å². The zero-order valence-electron chi connectivity index (χ0n) is 11.0. The van der Waals surface area contributed by atoms with Crippen molar-refractivity contribution in [2.24, 2.45) is 0 Å². The van der Waals surface area contributed by atoms with Crippen LogP contribution in [0.15, 0.2) is 12.4 Å².